The van der Waals surface area contributed by atoms with Crippen LogP contribution in [0.5, 0.6) is 0 Å². The molecule has 6 nitrogen and oxygen atoms in total. The van der Waals surface area contributed by atoms with E-state index in [-0.39, 0.29) is 5.69 Å². The molecule has 1 aliphatic rings. The van der Waals surface area contributed by atoms with E-state index in [1.807, 2.05) is 6.07 Å². The Hall–Kier alpha value is -1.86. The summed E-state index contributed by atoms with van der Waals surface area (Å²) in [6, 6.07) is 3.59. The van der Waals surface area contributed by atoms with Gasteiger partial charge in [0.05, 0.1) is 5.69 Å². The molecule has 0 unspecified atom stereocenters. The minimum atomic E-state index is -1.04. The van der Waals surface area contributed by atoms with Gasteiger partial charge in [0, 0.05) is 35.7 Å². The van der Waals surface area contributed by atoms with Crippen molar-refractivity contribution in [2.45, 2.75) is 13.0 Å². The monoisotopic (exact) mass is 334 g/mol. The number of rotatable bonds is 2. The number of hydrogen-bond donors (Lipinski definition) is 2. The van der Waals surface area contributed by atoms with Crippen molar-refractivity contribution < 1.29 is 9.90 Å². The summed E-state index contributed by atoms with van der Waals surface area (Å²) in [5.41, 5.74) is 2.08. The Bertz CT molecular complexity index is 673. The van der Waals surface area contributed by atoms with Gasteiger partial charge in [0.15, 0.2) is 11.5 Å². The van der Waals surface area contributed by atoms with Crippen LogP contribution in [-0.2, 0) is 13.0 Å². The number of nitrogens with zero attached hydrogens (tertiary/aromatic N) is 3. The highest BCUT2D eigenvalue weighted by Gasteiger charge is 2.22. The number of hydrogen-bond acceptors (Lipinski definition) is 5. The van der Waals surface area contributed by atoms with E-state index in [9.17, 15) is 9.90 Å². The fourth-order valence-electron chi connectivity index (χ4n) is 2.14. The molecule has 0 fully saturated rings. The standard InChI is InChI=1S/C13H11BrN4O2/c14-7-1-2-10(16-5-7)12-17-9-3-4-15-6-8(9)11(18-12)13(19)20/h1-2,5,15H,3-4,6H2,(H,19,20). The zero-order chi connectivity index (χ0) is 14.1. The fraction of sp³-hybridized carbons (Fsp3) is 0.231. The number of carbonyl (C=O) groups is 1. The summed E-state index contributed by atoms with van der Waals surface area (Å²) >= 11 is 3.31. The van der Waals surface area contributed by atoms with E-state index in [1.54, 1.807) is 12.3 Å². The zero-order valence-corrected chi connectivity index (χ0v) is 12.0. The molecule has 1 aliphatic heterocycles. The first-order chi connectivity index (χ1) is 9.65. The van der Waals surface area contributed by atoms with Crippen LogP contribution in [0, 0.1) is 0 Å². The zero-order valence-electron chi connectivity index (χ0n) is 10.4. The third kappa shape index (κ3) is 2.41. The summed E-state index contributed by atoms with van der Waals surface area (Å²) in [6.45, 7) is 1.28. The molecule has 3 rings (SSSR count). The van der Waals surface area contributed by atoms with E-state index in [2.05, 4.69) is 36.2 Å². The predicted molar refractivity (Wildman–Crippen MR) is 75.3 cm³/mol. The summed E-state index contributed by atoms with van der Waals surface area (Å²) in [6.07, 6.45) is 2.34. The Labute approximate surface area is 123 Å². The number of carboxylic acid groups (broad SMARTS) is 1. The van der Waals surface area contributed by atoms with Crippen molar-refractivity contribution in [1.82, 2.24) is 20.3 Å². The molecule has 7 heteroatoms. The van der Waals surface area contributed by atoms with Gasteiger partial charge in [-0.2, -0.15) is 0 Å². The molecule has 0 saturated heterocycles. The van der Waals surface area contributed by atoms with E-state index in [0.29, 0.717) is 30.0 Å². The van der Waals surface area contributed by atoms with Crippen LogP contribution in [-0.4, -0.2) is 32.6 Å². The highest BCUT2D eigenvalue weighted by Crippen LogP contribution is 2.21. The molecule has 0 saturated carbocycles. The van der Waals surface area contributed by atoms with Crippen LogP contribution < -0.4 is 5.32 Å². The van der Waals surface area contributed by atoms with Gasteiger partial charge in [-0.1, -0.05) is 0 Å². The first-order valence-electron chi connectivity index (χ1n) is 6.11. The van der Waals surface area contributed by atoms with Crippen molar-refractivity contribution in [3.8, 4) is 11.5 Å². The molecule has 20 heavy (non-hydrogen) atoms. The van der Waals surface area contributed by atoms with Gasteiger partial charge < -0.3 is 10.4 Å². The van der Waals surface area contributed by atoms with E-state index >= 15 is 0 Å². The van der Waals surface area contributed by atoms with Gasteiger partial charge in [-0.25, -0.2) is 14.8 Å². The van der Waals surface area contributed by atoms with Crippen LogP contribution >= 0.6 is 15.9 Å². The average Bonchev–Trinajstić information content (AvgIpc) is 2.46. The summed E-state index contributed by atoms with van der Waals surface area (Å²) < 4.78 is 0.849. The lowest BCUT2D eigenvalue weighted by molar-refractivity contribution is 0.0688. The predicted octanol–water partition coefficient (Wildman–Crippen LogP) is 1.64. The summed E-state index contributed by atoms with van der Waals surface area (Å²) in [7, 11) is 0. The third-order valence-electron chi connectivity index (χ3n) is 3.09. The van der Waals surface area contributed by atoms with Crippen molar-refractivity contribution >= 4 is 21.9 Å². The van der Waals surface area contributed by atoms with Gasteiger partial charge in [0.25, 0.3) is 0 Å². The van der Waals surface area contributed by atoms with Crippen molar-refractivity contribution in [3.05, 3.63) is 39.8 Å². The van der Waals surface area contributed by atoms with Crippen LogP contribution in [0.3, 0.4) is 0 Å². The van der Waals surface area contributed by atoms with Gasteiger partial charge in [-0.15, -0.1) is 0 Å². The number of nitrogens with one attached hydrogen (secondary N) is 1. The van der Waals surface area contributed by atoms with Crippen molar-refractivity contribution in [2.24, 2.45) is 0 Å². The molecule has 0 amide bonds. The Morgan fingerprint density at radius 1 is 1.35 bits per heavy atom. The minimum absolute atomic E-state index is 0.0573. The molecule has 0 bridgehead atoms. The number of carboxylic acids is 1. The van der Waals surface area contributed by atoms with E-state index in [4.69, 9.17) is 0 Å². The number of halogens is 1. The van der Waals surface area contributed by atoms with Crippen LogP contribution in [0.15, 0.2) is 22.8 Å². The van der Waals surface area contributed by atoms with Gasteiger partial charge in [0.2, 0.25) is 0 Å². The molecular formula is C13H11BrN4O2. The lowest BCUT2D eigenvalue weighted by atomic mass is 10.0. The highest BCUT2D eigenvalue weighted by atomic mass is 79.9. The first-order valence-corrected chi connectivity index (χ1v) is 6.90. The number of aromatic nitrogens is 3. The minimum Gasteiger partial charge on any atom is -0.476 e. The third-order valence-corrected chi connectivity index (χ3v) is 3.56. The van der Waals surface area contributed by atoms with E-state index in [1.165, 1.54) is 0 Å². The maximum atomic E-state index is 11.4. The molecule has 2 aromatic rings. The maximum absolute atomic E-state index is 11.4. The average molecular weight is 335 g/mol. The van der Waals surface area contributed by atoms with Crippen molar-refractivity contribution in [1.29, 1.82) is 0 Å². The SMILES string of the molecule is O=C(O)c1nc(-c2ccc(Br)cn2)nc2c1CNCC2. The Kier molecular flexibility index (Phi) is 3.45. The van der Waals surface area contributed by atoms with E-state index in [0.717, 1.165) is 16.7 Å². The Morgan fingerprint density at radius 3 is 2.90 bits per heavy atom. The first kappa shape index (κ1) is 13.1. The highest BCUT2D eigenvalue weighted by molar-refractivity contribution is 9.10. The van der Waals surface area contributed by atoms with Crippen LogP contribution in [0.4, 0.5) is 0 Å². The van der Waals surface area contributed by atoms with Crippen molar-refractivity contribution in [3.63, 3.8) is 0 Å². The number of fused-ring (bicyclic) bond motifs is 1. The summed E-state index contributed by atoms with van der Waals surface area (Å²) in [5, 5.41) is 12.4. The van der Waals surface area contributed by atoms with Crippen molar-refractivity contribution in [2.75, 3.05) is 6.54 Å². The quantitative estimate of drug-likeness (QED) is 0.868. The number of pyridine rings is 1. The Balaban J connectivity index is 2.14. The second-order valence-electron chi connectivity index (χ2n) is 4.41. The fourth-order valence-corrected chi connectivity index (χ4v) is 2.38. The molecule has 0 spiro atoms. The van der Waals surface area contributed by atoms with Gasteiger partial charge in [-0.3, -0.25) is 4.98 Å². The lowest BCUT2D eigenvalue weighted by Gasteiger charge is -2.18. The summed E-state index contributed by atoms with van der Waals surface area (Å²) in [5.74, 6) is -0.679. The van der Waals surface area contributed by atoms with Gasteiger partial charge in [-0.05, 0) is 28.1 Å². The molecule has 0 atom stereocenters. The lowest BCUT2D eigenvalue weighted by Crippen LogP contribution is -2.28. The van der Waals surface area contributed by atoms with Crippen LogP contribution in [0.1, 0.15) is 21.7 Å². The maximum Gasteiger partial charge on any atom is 0.354 e. The molecule has 2 aromatic heterocycles. The van der Waals surface area contributed by atoms with Gasteiger partial charge >= 0.3 is 5.97 Å². The second-order valence-corrected chi connectivity index (χ2v) is 5.33. The largest absolute Gasteiger partial charge is 0.476 e. The molecule has 0 aromatic carbocycles. The van der Waals surface area contributed by atoms with Crippen LogP contribution in [0.25, 0.3) is 11.5 Å². The topological polar surface area (TPSA) is 88.0 Å². The number of aromatic carboxylic acids is 1. The molecular weight excluding hydrogens is 324 g/mol. The normalized spacial score (nSPS) is 13.8. The molecule has 3 heterocycles. The molecule has 2 N–H and O–H groups in total. The second kappa shape index (κ2) is 5.26. The van der Waals surface area contributed by atoms with Gasteiger partial charge in [0.1, 0.15) is 5.69 Å². The Morgan fingerprint density at radius 2 is 2.20 bits per heavy atom. The van der Waals surface area contributed by atoms with E-state index < -0.39 is 5.97 Å². The molecule has 0 radical (unpaired) electrons. The van der Waals surface area contributed by atoms with Crippen LogP contribution in [0.2, 0.25) is 0 Å². The molecule has 102 valence electrons. The molecule has 0 aliphatic carbocycles. The smallest absolute Gasteiger partial charge is 0.354 e. The summed E-state index contributed by atoms with van der Waals surface area (Å²) in [4.78, 5) is 24.2.